The van der Waals surface area contributed by atoms with Gasteiger partial charge in [0.2, 0.25) is 0 Å². The van der Waals surface area contributed by atoms with Crippen LogP contribution in [0.1, 0.15) is 11.3 Å². The molecular formula is C12H7BrCl2N2S. The molecule has 1 aliphatic rings. The molecule has 1 aliphatic heterocycles. The molecule has 0 atom stereocenters. The van der Waals surface area contributed by atoms with Crippen LogP contribution in [0.4, 0.5) is 0 Å². The van der Waals surface area contributed by atoms with Crippen molar-refractivity contribution in [3.05, 3.63) is 44.1 Å². The van der Waals surface area contributed by atoms with Crippen molar-refractivity contribution in [3.8, 4) is 11.4 Å². The van der Waals surface area contributed by atoms with E-state index >= 15 is 0 Å². The molecule has 2 heterocycles. The van der Waals surface area contributed by atoms with E-state index in [-0.39, 0.29) is 0 Å². The lowest BCUT2D eigenvalue weighted by molar-refractivity contribution is 1.07. The summed E-state index contributed by atoms with van der Waals surface area (Å²) in [5.74, 6) is 2.46. The highest BCUT2D eigenvalue weighted by molar-refractivity contribution is 9.10. The van der Waals surface area contributed by atoms with Gasteiger partial charge in [0.25, 0.3) is 0 Å². The maximum Gasteiger partial charge on any atom is 0.161 e. The van der Waals surface area contributed by atoms with Gasteiger partial charge in [-0.25, -0.2) is 9.97 Å². The average molecular weight is 362 g/mol. The summed E-state index contributed by atoms with van der Waals surface area (Å²) in [4.78, 5) is 8.94. The van der Waals surface area contributed by atoms with Crippen LogP contribution in [0.2, 0.25) is 10.2 Å². The van der Waals surface area contributed by atoms with Crippen molar-refractivity contribution in [2.24, 2.45) is 0 Å². The van der Waals surface area contributed by atoms with E-state index in [0.29, 0.717) is 16.0 Å². The summed E-state index contributed by atoms with van der Waals surface area (Å²) >= 11 is 17.4. The van der Waals surface area contributed by atoms with Gasteiger partial charge in [-0.1, -0.05) is 23.2 Å². The van der Waals surface area contributed by atoms with Crippen LogP contribution in [0.3, 0.4) is 0 Å². The summed E-state index contributed by atoms with van der Waals surface area (Å²) in [5.41, 5.74) is 3.02. The molecule has 2 aromatic rings. The Bertz CT molecular complexity index is 634. The van der Waals surface area contributed by atoms with Gasteiger partial charge in [-0.2, -0.15) is 11.8 Å². The molecule has 0 aliphatic carbocycles. The minimum absolute atomic E-state index is 0.561. The third-order valence-corrected chi connectivity index (χ3v) is 5.20. The fourth-order valence-electron chi connectivity index (χ4n) is 1.78. The number of hydrogen-bond acceptors (Lipinski definition) is 3. The lowest BCUT2D eigenvalue weighted by Crippen LogP contribution is -1.97. The number of nitrogens with zero attached hydrogens (tertiary/aromatic N) is 2. The molecule has 1 aromatic carbocycles. The summed E-state index contributed by atoms with van der Waals surface area (Å²) in [5, 5.41) is 1.23. The highest BCUT2D eigenvalue weighted by Gasteiger charge is 2.19. The Kier molecular flexibility index (Phi) is 3.54. The van der Waals surface area contributed by atoms with E-state index in [1.54, 1.807) is 0 Å². The molecule has 18 heavy (non-hydrogen) atoms. The first-order valence-corrected chi connectivity index (χ1v) is 7.94. The van der Waals surface area contributed by atoms with Gasteiger partial charge in [-0.15, -0.1) is 0 Å². The van der Waals surface area contributed by atoms with Crippen molar-refractivity contribution in [2.45, 2.75) is 11.5 Å². The molecule has 6 heteroatoms. The zero-order valence-corrected chi connectivity index (χ0v) is 13.0. The van der Waals surface area contributed by atoms with Gasteiger partial charge in [-0.3, -0.25) is 0 Å². The van der Waals surface area contributed by atoms with E-state index in [1.165, 1.54) is 0 Å². The number of rotatable bonds is 1. The predicted octanol–water partition coefficient (Wildman–Crippen LogP) is 4.96. The molecule has 0 N–H and O–H groups in total. The van der Waals surface area contributed by atoms with Crippen molar-refractivity contribution >= 4 is 50.9 Å². The first-order chi connectivity index (χ1) is 8.65. The number of halogens is 3. The van der Waals surface area contributed by atoms with Crippen LogP contribution < -0.4 is 0 Å². The van der Waals surface area contributed by atoms with E-state index in [0.717, 1.165) is 32.8 Å². The topological polar surface area (TPSA) is 25.8 Å². The molecule has 2 nitrogen and oxygen atoms in total. The number of aromatic nitrogens is 2. The zero-order valence-electron chi connectivity index (χ0n) is 9.08. The first-order valence-electron chi connectivity index (χ1n) is 5.23. The fraction of sp³-hybridized carbons (Fsp3) is 0.167. The monoisotopic (exact) mass is 360 g/mol. The van der Waals surface area contributed by atoms with Gasteiger partial charge in [0.15, 0.2) is 5.82 Å². The SMILES string of the molecule is Clc1ccc(-c2nc(Cl)c3c(n2)CSC3)cc1Br. The summed E-state index contributed by atoms with van der Waals surface area (Å²) in [6, 6.07) is 5.62. The Morgan fingerprint density at radius 3 is 2.78 bits per heavy atom. The number of benzene rings is 1. The fourth-order valence-corrected chi connectivity index (χ4v) is 3.65. The van der Waals surface area contributed by atoms with Crippen LogP contribution >= 0.6 is 50.9 Å². The molecule has 0 bridgehead atoms. The Labute approximate surface area is 127 Å². The van der Waals surface area contributed by atoms with Crippen LogP contribution in [-0.2, 0) is 11.5 Å². The van der Waals surface area contributed by atoms with Crippen molar-refractivity contribution in [3.63, 3.8) is 0 Å². The Balaban J connectivity index is 2.12. The molecule has 0 fully saturated rings. The minimum Gasteiger partial charge on any atom is -0.232 e. The maximum absolute atomic E-state index is 6.19. The van der Waals surface area contributed by atoms with Gasteiger partial charge in [0.05, 0.1) is 10.7 Å². The highest BCUT2D eigenvalue weighted by Crippen LogP contribution is 2.35. The van der Waals surface area contributed by atoms with Crippen molar-refractivity contribution < 1.29 is 0 Å². The van der Waals surface area contributed by atoms with Gasteiger partial charge >= 0.3 is 0 Å². The Morgan fingerprint density at radius 2 is 2.00 bits per heavy atom. The van der Waals surface area contributed by atoms with Gasteiger partial charge < -0.3 is 0 Å². The van der Waals surface area contributed by atoms with Crippen LogP contribution in [0.5, 0.6) is 0 Å². The molecule has 92 valence electrons. The molecule has 0 radical (unpaired) electrons. The largest absolute Gasteiger partial charge is 0.232 e. The van der Waals surface area contributed by atoms with Crippen LogP contribution in [0, 0.1) is 0 Å². The maximum atomic E-state index is 6.19. The number of fused-ring (bicyclic) bond motifs is 1. The van der Waals surface area contributed by atoms with E-state index in [9.17, 15) is 0 Å². The molecule has 0 saturated carbocycles. The summed E-state index contributed by atoms with van der Waals surface area (Å²) < 4.78 is 0.830. The highest BCUT2D eigenvalue weighted by atomic mass is 79.9. The second-order valence-electron chi connectivity index (χ2n) is 3.88. The minimum atomic E-state index is 0.561. The molecule has 0 spiro atoms. The molecule has 0 unspecified atom stereocenters. The average Bonchev–Trinajstić information content (AvgIpc) is 2.81. The van der Waals surface area contributed by atoms with Crippen molar-refractivity contribution in [1.29, 1.82) is 0 Å². The number of hydrogen-bond donors (Lipinski definition) is 0. The second kappa shape index (κ2) is 5.00. The van der Waals surface area contributed by atoms with E-state index < -0.39 is 0 Å². The smallest absolute Gasteiger partial charge is 0.161 e. The Morgan fingerprint density at radius 1 is 1.17 bits per heavy atom. The lowest BCUT2D eigenvalue weighted by Gasteiger charge is -2.06. The van der Waals surface area contributed by atoms with E-state index in [2.05, 4.69) is 25.9 Å². The van der Waals surface area contributed by atoms with Crippen LogP contribution in [0.25, 0.3) is 11.4 Å². The number of thioether (sulfide) groups is 1. The summed E-state index contributed by atoms with van der Waals surface area (Å²) in [6.07, 6.45) is 0. The lowest BCUT2D eigenvalue weighted by atomic mass is 10.2. The Hall–Kier alpha value is -0.290. The van der Waals surface area contributed by atoms with Gasteiger partial charge in [0.1, 0.15) is 5.15 Å². The molecule has 0 saturated heterocycles. The van der Waals surface area contributed by atoms with E-state index in [4.69, 9.17) is 23.2 Å². The summed E-state index contributed by atoms with van der Waals surface area (Å²) in [7, 11) is 0. The molecule has 1 aromatic heterocycles. The molecule has 0 amide bonds. The standard InChI is InChI=1S/C12H7BrCl2N2S/c13-8-3-6(1-2-9(8)14)12-16-10-5-18-4-7(10)11(15)17-12/h1-3H,4-5H2. The van der Waals surface area contributed by atoms with Gasteiger partial charge in [0, 0.05) is 27.1 Å². The molecular weight excluding hydrogens is 355 g/mol. The first kappa shape index (κ1) is 12.7. The van der Waals surface area contributed by atoms with Gasteiger partial charge in [-0.05, 0) is 34.1 Å². The van der Waals surface area contributed by atoms with Crippen molar-refractivity contribution in [2.75, 3.05) is 0 Å². The zero-order chi connectivity index (χ0) is 12.7. The van der Waals surface area contributed by atoms with Crippen molar-refractivity contribution in [1.82, 2.24) is 9.97 Å². The summed E-state index contributed by atoms with van der Waals surface area (Å²) in [6.45, 7) is 0. The predicted molar refractivity (Wildman–Crippen MR) is 80.2 cm³/mol. The quantitative estimate of drug-likeness (QED) is 0.671. The van der Waals surface area contributed by atoms with Crippen LogP contribution in [-0.4, -0.2) is 9.97 Å². The normalized spacial score (nSPS) is 13.7. The third kappa shape index (κ3) is 2.27. The van der Waals surface area contributed by atoms with E-state index in [1.807, 2.05) is 30.0 Å². The molecule has 3 rings (SSSR count). The van der Waals surface area contributed by atoms with Crippen LogP contribution in [0.15, 0.2) is 22.7 Å². The second-order valence-corrected chi connectivity index (χ2v) is 6.49. The third-order valence-electron chi connectivity index (χ3n) is 2.71.